The number of benzene rings is 1. The monoisotopic (exact) mass is 485 g/mol. The van der Waals surface area contributed by atoms with Crippen LogP contribution in [0, 0.1) is 0 Å². The maximum absolute atomic E-state index is 13.5. The van der Waals surface area contributed by atoms with E-state index >= 15 is 0 Å². The molecule has 1 aromatic heterocycles. The molecule has 1 fully saturated rings. The Morgan fingerprint density at radius 1 is 1.18 bits per heavy atom. The average Bonchev–Trinajstić information content (AvgIpc) is 3.55. The average molecular weight is 486 g/mol. The SMILES string of the molecule is CCn1cc(N(C2CCN(C)CC2)S(=O)(=O)/N=C(\[O-])Nc2c3c(cc4c2CCC4)CCC3)cn1. The van der Waals surface area contributed by atoms with Gasteiger partial charge in [0.25, 0.3) is 0 Å². The fourth-order valence-corrected chi connectivity index (χ4v) is 6.94. The van der Waals surface area contributed by atoms with E-state index in [0.29, 0.717) is 25.1 Å². The Morgan fingerprint density at radius 2 is 1.82 bits per heavy atom. The molecule has 2 aliphatic carbocycles. The van der Waals surface area contributed by atoms with Gasteiger partial charge >= 0.3 is 10.2 Å². The number of rotatable bonds is 6. The highest BCUT2D eigenvalue weighted by atomic mass is 32.2. The van der Waals surface area contributed by atoms with Crippen LogP contribution in [0.2, 0.25) is 0 Å². The molecular weight excluding hydrogens is 452 g/mol. The molecule has 0 saturated carbocycles. The summed E-state index contributed by atoms with van der Waals surface area (Å²) in [7, 11) is -2.23. The van der Waals surface area contributed by atoms with Crippen molar-refractivity contribution in [3.8, 4) is 0 Å². The molecule has 3 aliphatic rings. The first-order valence-corrected chi connectivity index (χ1v) is 13.7. The number of anilines is 2. The Balaban J connectivity index is 1.47. The number of likely N-dealkylation sites (tertiary alicyclic amines) is 1. The van der Waals surface area contributed by atoms with Crippen molar-refractivity contribution in [2.75, 3.05) is 29.8 Å². The van der Waals surface area contributed by atoms with Crippen LogP contribution in [0.4, 0.5) is 11.4 Å². The normalized spacial score (nSPS) is 19.3. The second-order valence-corrected chi connectivity index (χ2v) is 11.1. The highest BCUT2D eigenvalue weighted by molar-refractivity contribution is 7.91. The molecule has 0 atom stereocenters. The van der Waals surface area contributed by atoms with Gasteiger partial charge in [0.2, 0.25) is 0 Å². The fourth-order valence-electron chi connectivity index (χ4n) is 5.65. The zero-order chi connectivity index (χ0) is 23.9. The Labute approximate surface area is 201 Å². The first kappa shape index (κ1) is 23.2. The number of hydrogen-bond acceptors (Lipinski definition) is 5. The first-order chi connectivity index (χ1) is 16.4. The molecule has 0 unspecified atom stereocenters. The maximum atomic E-state index is 13.5. The smallest absolute Gasteiger partial charge is 0.345 e. The quantitative estimate of drug-likeness (QED) is 0.495. The number of hydrogen-bond donors (Lipinski definition) is 1. The first-order valence-electron chi connectivity index (χ1n) is 12.3. The lowest BCUT2D eigenvalue weighted by Gasteiger charge is -2.36. The minimum absolute atomic E-state index is 0.266. The summed E-state index contributed by atoms with van der Waals surface area (Å²) in [4.78, 5) is 2.18. The summed E-state index contributed by atoms with van der Waals surface area (Å²) in [6.45, 7) is 4.14. The summed E-state index contributed by atoms with van der Waals surface area (Å²) in [6, 6.07) is 1.19. The summed E-state index contributed by atoms with van der Waals surface area (Å²) in [5, 5.41) is 20.2. The number of aromatic nitrogens is 2. The molecule has 184 valence electrons. The Kier molecular flexibility index (Phi) is 6.28. The van der Waals surface area contributed by atoms with Gasteiger partial charge in [0.15, 0.2) is 0 Å². The lowest BCUT2D eigenvalue weighted by atomic mass is 9.99. The standard InChI is InChI=1S/C24H34N6O3S/c1-3-29-16-20(15-25-29)30(19-10-12-28(2)13-11-19)34(32,33)27-24(31)26-23-21-8-4-6-17(21)14-18-7-5-9-22(18)23/h14-16,19H,3-13H2,1-2H3,(H2,26,27,31)/p-1. The van der Waals surface area contributed by atoms with Crippen LogP contribution in [0.25, 0.3) is 0 Å². The number of piperidine rings is 1. The van der Waals surface area contributed by atoms with E-state index in [4.69, 9.17) is 0 Å². The topological polar surface area (TPSA) is 106 Å². The molecule has 0 spiro atoms. The van der Waals surface area contributed by atoms with Crippen LogP contribution < -0.4 is 14.7 Å². The third-order valence-electron chi connectivity index (χ3n) is 7.37. The molecule has 0 amide bonds. The van der Waals surface area contributed by atoms with Gasteiger partial charge in [0.05, 0.1) is 17.9 Å². The van der Waals surface area contributed by atoms with Crippen LogP contribution in [0.1, 0.15) is 54.9 Å². The van der Waals surface area contributed by atoms with Gasteiger partial charge in [-0.3, -0.25) is 4.68 Å². The summed E-state index contributed by atoms with van der Waals surface area (Å²) in [6.07, 6.45) is 10.5. The maximum Gasteiger partial charge on any atom is 0.345 e. The number of aryl methyl sites for hydroxylation is 3. The minimum atomic E-state index is -4.26. The number of nitrogens with one attached hydrogen (secondary N) is 1. The molecule has 1 saturated heterocycles. The van der Waals surface area contributed by atoms with Gasteiger partial charge < -0.3 is 15.3 Å². The molecule has 2 aromatic rings. The van der Waals surface area contributed by atoms with E-state index in [-0.39, 0.29) is 6.04 Å². The van der Waals surface area contributed by atoms with Crippen molar-refractivity contribution in [2.24, 2.45) is 4.40 Å². The van der Waals surface area contributed by atoms with E-state index in [1.807, 2.05) is 14.0 Å². The number of amidine groups is 1. The van der Waals surface area contributed by atoms with E-state index in [2.05, 4.69) is 25.8 Å². The molecule has 34 heavy (non-hydrogen) atoms. The molecule has 0 radical (unpaired) electrons. The molecule has 9 nitrogen and oxygen atoms in total. The van der Waals surface area contributed by atoms with Gasteiger partial charge in [-0.15, -0.1) is 4.40 Å². The van der Waals surface area contributed by atoms with Crippen molar-refractivity contribution < 1.29 is 13.5 Å². The van der Waals surface area contributed by atoms with Crippen molar-refractivity contribution in [3.05, 3.63) is 40.7 Å². The summed E-state index contributed by atoms with van der Waals surface area (Å²) >= 11 is 0. The third kappa shape index (κ3) is 4.40. The lowest BCUT2D eigenvalue weighted by Crippen LogP contribution is -2.47. The fraction of sp³-hybridized carbons (Fsp3) is 0.583. The van der Waals surface area contributed by atoms with Gasteiger partial charge in [-0.1, -0.05) is 6.07 Å². The van der Waals surface area contributed by atoms with Gasteiger partial charge in [-0.25, -0.2) is 4.31 Å². The Bertz CT molecular complexity index is 1170. The van der Waals surface area contributed by atoms with Gasteiger partial charge in [-0.2, -0.15) is 13.5 Å². The van der Waals surface area contributed by atoms with Crippen LogP contribution >= 0.6 is 0 Å². The Hall–Kier alpha value is -2.59. The summed E-state index contributed by atoms with van der Waals surface area (Å²) in [5.41, 5.74) is 6.11. The van der Waals surface area contributed by atoms with Crippen LogP contribution in [-0.4, -0.2) is 55.3 Å². The van der Waals surface area contributed by atoms with Crippen LogP contribution in [0.3, 0.4) is 0 Å². The van der Waals surface area contributed by atoms with E-state index in [9.17, 15) is 13.5 Å². The number of nitrogens with zero attached hydrogens (tertiary/aromatic N) is 5. The molecule has 10 heteroatoms. The van der Waals surface area contributed by atoms with Crippen molar-refractivity contribution >= 4 is 27.6 Å². The summed E-state index contributed by atoms with van der Waals surface area (Å²) < 4.78 is 33.8. The molecule has 1 aliphatic heterocycles. The van der Waals surface area contributed by atoms with E-state index in [1.165, 1.54) is 15.4 Å². The van der Waals surface area contributed by atoms with E-state index in [1.54, 1.807) is 17.1 Å². The van der Waals surface area contributed by atoms with Gasteiger partial charge in [-0.05, 0) is 101 Å². The number of fused-ring (bicyclic) bond motifs is 2. The second-order valence-electron chi connectivity index (χ2n) is 9.62. The van der Waals surface area contributed by atoms with Crippen LogP contribution in [-0.2, 0) is 42.4 Å². The van der Waals surface area contributed by atoms with Crippen molar-refractivity contribution in [2.45, 2.75) is 70.9 Å². The molecule has 1 N–H and O–H groups in total. The zero-order valence-corrected chi connectivity index (χ0v) is 20.8. The molecule has 1 aromatic carbocycles. The van der Waals surface area contributed by atoms with Gasteiger partial charge in [0.1, 0.15) is 0 Å². The van der Waals surface area contributed by atoms with Gasteiger partial charge in [0, 0.05) is 24.5 Å². The third-order valence-corrected chi connectivity index (χ3v) is 8.77. The summed E-state index contributed by atoms with van der Waals surface area (Å²) in [5.74, 6) is 0. The second kappa shape index (κ2) is 9.22. The lowest BCUT2D eigenvalue weighted by molar-refractivity contribution is -0.213. The predicted molar refractivity (Wildman–Crippen MR) is 131 cm³/mol. The highest BCUT2D eigenvalue weighted by Gasteiger charge is 2.33. The largest absolute Gasteiger partial charge is 0.845 e. The Morgan fingerprint density at radius 3 is 2.41 bits per heavy atom. The van der Waals surface area contributed by atoms with Crippen molar-refractivity contribution in [1.82, 2.24) is 14.7 Å². The van der Waals surface area contributed by atoms with Crippen molar-refractivity contribution in [1.29, 1.82) is 0 Å². The highest BCUT2D eigenvalue weighted by Crippen LogP contribution is 2.38. The molecule has 5 rings (SSSR count). The minimum Gasteiger partial charge on any atom is -0.845 e. The zero-order valence-electron chi connectivity index (χ0n) is 20.0. The van der Waals surface area contributed by atoms with Crippen LogP contribution in [0.15, 0.2) is 22.9 Å². The van der Waals surface area contributed by atoms with E-state index in [0.717, 1.165) is 68.4 Å². The predicted octanol–water partition coefficient (Wildman–Crippen LogP) is 1.85. The molecule has 2 heterocycles. The van der Waals surface area contributed by atoms with E-state index < -0.39 is 16.2 Å². The molecule has 0 bridgehead atoms. The van der Waals surface area contributed by atoms with Crippen LogP contribution in [0.5, 0.6) is 0 Å². The van der Waals surface area contributed by atoms with Crippen molar-refractivity contribution in [3.63, 3.8) is 0 Å². The molecular formula is C24H33N6O3S-.